The van der Waals surface area contributed by atoms with E-state index in [2.05, 4.69) is 13.0 Å². The van der Waals surface area contributed by atoms with Crippen molar-refractivity contribution in [3.05, 3.63) is 29.3 Å². The lowest BCUT2D eigenvalue weighted by atomic mass is 9.55. The average molecular weight is 344 g/mol. The van der Waals surface area contributed by atoms with Crippen LogP contribution in [0.3, 0.4) is 0 Å². The van der Waals surface area contributed by atoms with E-state index in [1.807, 2.05) is 6.07 Å². The zero-order valence-electron chi connectivity index (χ0n) is 15.1. The lowest BCUT2D eigenvalue weighted by Crippen LogP contribution is -2.44. The number of fused-ring (bicyclic) bond motifs is 5. The molecular weight excluding hydrogens is 316 g/mol. The Morgan fingerprint density at radius 3 is 2.92 bits per heavy atom. The summed E-state index contributed by atoms with van der Waals surface area (Å²) in [6, 6.07) is 5.82. The third-order valence-corrected chi connectivity index (χ3v) is 7.48. The molecule has 136 valence electrons. The Morgan fingerprint density at radius 2 is 2.16 bits per heavy atom. The van der Waals surface area contributed by atoms with Crippen LogP contribution in [-0.2, 0) is 16.0 Å². The van der Waals surface area contributed by atoms with E-state index in [4.69, 9.17) is 4.74 Å². The van der Waals surface area contributed by atoms with Gasteiger partial charge in [-0.2, -0.15) is 0 Å². The van der Waals surface area contributed by atoms with E-state index in [1.54, 1.807) is 6.07 Å². The summed E-state index contributed by atoms with van der Waals surface area (Å²) in [5.74, 6) is 1.69. The number of benzene rings is 1. The Hall–Kier alpha value is -1.55. The van der Waals surface area contributed by atoms with Gasteiger partial charge in [0.15, 0.2) is 0 Å². The molecule has 0 bridgehead atoms. The van der Waals surface area contributed by atoms with E-state index < -0.39 is 6.10 Å². The number of hydrogen-bond donors (Lipinski definition) is 2. The monoisotopic (exact) mass is 344 g/mol. The van der Waals surface area contributed by atoms with Gasteiger partial charge < -0.3 is 14.9 Å². The number of phenolic OH excluding ortho intramolecular Hbond substituents is 1. The second kappa shape index (κ2) is 6.01. The van der Waals surface area contributed by atoms with Crippen molar-refractivity contribution in [2.75, 3.05) is 7.11 Å². The van der Waals surface area contributed by atoms with Crippen LogP contribution in [-0.4, -0.2) is 29.4 Å². The van der Waals surface area contributed by atoms with Crippen LogP contribution in [0.15, 0.2) is 18.2 Å². The minimum absolute atomic E-state index is 0.0161. The highest BCUT2D eigenvalue weighted by Gasteiger charge is 2.58. The van der Waals surface area contributed by atoms with E-state index in [0.717, 1.165) is 32.1 Å². The van der Waals surface area contributed by atoms with Crippen LogP contribution in [0.1, 0.15) is 56.1 Å². The molecule has 4 nitrogen and oxygen atoms in total. The van der Waals surface area contributed by atoms with Crippen LogP contribution < -0.4 is 0 Å². The number of aromatic hydroxyl groups is 1. The number of carbonyl (C=O) groups is 1. The summed E-state index contributed by atoms with van der Waals surface area (Å²) in [6.45, 7) is 2.22. The molecule has 3 aliphatic rings. The van der Waals surface area contributed by atoms with Crippen molar-refractivity contribution in [2.45, 2.75) is 57.5 Å². The first-order chi connectivity index (χ1) is 11.9. The van der Waals surface area contributed by atoms with Crippen LogP contribution in [0.2, 0.25) is 0 Å². The topological polar surface area (TPSA) is 66.8 Å². The molecule has 2 N–H and O–H groups in total. The van der Waals surface area contributed by atoms with Crippen molar-refractivity contribution in [3.8, 4) is 5.75 Å². The van der Waals surface area contributed by atoms with Gasteiger partial charge in [0.1, 0.15) is 5.75 Å². The first-order valence-corrected chi connectivity index (χ1v) is 9.50. The fourth-order valence-electron chi connectivity index (χ4n) is 6.21. The first kappa shape index (κ1) is 16.9. The highest BCUT2D eigenvalue weighted by molar-refractivity contribution is 5.69. The SMILES string of the molecule is COC(=O)CC1C[C@H]2C3CCc4cc(O)ccc4C3CC[C@]2(C)[C@H]1O. The summed E-state index contributed by atoms with van der Waals surface area (Å²) in [5, 5.41) is 20.7. The molecule has 4 rings (SSSR count). The third kappa shape index (κ3) is 2.57. The standard InChI is InChI=1S/C21H28O4/c1-21-8-7-16-15-6-4-14(22)9-12(15)3-5-17(16)18(21)10-13(20(21)24)11-19(23)25-2/h4,6,9,13,16-18,20,22,24H,3,5,7-8,10-11H2,1-2H3/t13?,16?,17?,18-,20-,21-/m0/s1. The molecule has 2 fully saturated rings. The minimum atomic E-state index is -0.418. The van der Waals surface area contributed by atoms with Crippen LogP contribution in [0.4, 0.5) is 0 Å². The van der Waals surface area contributed by atoms with Gasteiger partial charge in [0, 0.05) is 0 Å². The maximum Gasteiger partial charge on any atom is 0.305 e. The zero-order valence-corrected chi connectivity index (χ0v) is 15.1. The quantitative estimate of drug-likeness (QED) is 0.807. The number of carbonyl (C=O) groups excluding carboxylic acids is 1. The number of aliphatic hydroxyl groups is 1. The Bertz CT molecular complexity index is 684. The molecule has 1 aromatic carbocycles. The first-order valence-electron chi connectivity index (χ1n) is 9.50. The van der Waals surface area contributed by atoms with Crippen molar-refractivity contribution >= 4 is 5.97 Å². The fraction of sp³-hybridized carbons (Fsp3) is 0.667. The van der Waals surface area contributed by atoms with Gasteiger partial charge in [0.2, 0.25) is 0 Å². The number of hydrogen-bond acceptors (Lipinski definition) is 4. The van der Waals surface area contributed by atoms with Crippen molar-refractivity contribution in [3.63, 3.8) is 0 Å². The molecule has 25 heavy (non-hydrogen) atoms. The lowest BCUT2D eigenvalue weighted by molar-refractivity contribution is -0.143. The Labute approximate surface area is 149 Å². The highest BCUT2D eigenvalue weighted by Crippen LogP contribution is 2.62. The molecular formula is C21H28O4. The van der Waals surface area contributed by atoms with E-state index in [1.165, 1.54) is 18.2 Å². The minimum Gasteiger partial charge on any atom is -0.508 e. The molecule has 0 aromatic heterocycles. The van der Waals surface area contributed by atoms with Gasteiger partial charge in [-0.15, -0.1) is 0 Å². The van der Waals surface area contributed by atoms with E-state index >= 15 is 0 Å². The fourth-order valence-corrected chi connectivity index (χ4v) is 6.21. The van der Waals surface area contributed by atoms with Crippen LogP contribution in [0, 0.1) is 23.2 Å². The lowest BCUT2D eigenvalue weighted by Gasteiger charge is -2.50. The summed E-state index contributed by atoms with van der Waals surface area (Å²) in [4.78, 5) is 11.7. The number of aryl methyl sites for hydroxylation is 1. The van der Waals surface area contributed by atoms with Gasteiger partial charge in [0.25, 0.3) is 0 Å². The largest absolute Gasteiger partial charge is 0.508 e. The number of esters is 1. The average Bonchev–Trinajstić information content (AvgIpc) is 2.85. The van der Waals surface area contributed by atoms with Gasteiger partial charge in [-0.05, 0) is 84.5 Å². The van der Waals surface area contributed by atoms with E-state index in [-0.39, 0.29) is 17.3 Å². The van der Waals surface area contributed by atoms with Gasteiger partial charge in [-0.1, -0.05) is 13.0 Å². The van der Waals surface area contributed by atoms with Gasteiger partial charge >= 0.3 is 5.97 Å². The van der Waals surface area contributed by atoms with E-state index in [0.29, 0.717) is 29.9 Å². The number of phenols is 1. The smallest absolute Gasteiger partial charge is 0.305 e. The van der Waals surface area contributed by atoms with Gasteiger partial charge in [0.05, 0.1) is 19.6 Å². The van der Waals surface area contributed by atoms with Crippen molar-refractivity contribution in [2.24, 2.45) is 23.2 Å². The molecule has 0 radical (unpaired) electrons. The second-order valence-corrected chi connectivity index (χ2v) is 8.56. The molecule has 0 saturated heterocycles. The summed E-state index contributed by atoms with van der Waals surface area (Å²) < 4.78 is 4.84. The molecule has 2 saturated carbocycles. The Kier molecular flexibility index (Phi) is 4.06. The maximum absolute atomic E-state index is 11.7. The summed E-state index contributed by atoms with van der Waals surface area (Å²) >= 11 is 0. The molecule has 0 amide bonds. The molecule has 0 aliphatic heterocycles. The summed E-state index contributed by atoms with van der Waals surface area (Å²) in [5.41, 5.74) is 2.59. The molecule has 0 heterocycles. The van der Waals surface area contributed by atoms with Gasteiger partial charge in [-0.25, -0.2) is 0 Å². The normalized spacial score (nSPS) is 39.2. The maximum atomic E-state index is 11.7. The molecule has 1 aromatic rings. The molecule has 0 spiro atoms. The van der Waals surface area contributed by atoms with E-state index in [9.17, 15) is 15.0 Å². The Balaban J connectivity index is 1.62. The predicted octanol–water partition coefficient (Wildman–Crippen LogP) is 3.40. The summed E-state index contributed by atoms with van der Waals surface area (Å²) in [7, 11) is 1.42. The number of aliphatic hydroxyl groups excluding tert-OH is 1. The highest BCUT2D eigenvalue weighted by atomic mass is 16.5. The molecule has 6 atom stereocenters. The van der Waals surface area contributed by atoms with Crippen molar-refractivity contribution < 1.29 is 19.7 Å². The van der Waals surface area contributed by atoms with Crippen LogP contribution in [0.25, 0.3) is 0 Å². The second-order valence-electron chi connectivity index (χ2n) is 8.56. The Morgan fingerprint density at radius 1 is 1.36 bits per heavy atom. The van der Waals surface area contributed by atoms with Crippen molar-refractivity contribution in [1.82, 2.24) is 0 Å². The molecule has 3 aliphatic carbocycles. The zero-order chi connectivity index (χ0) is 17.8. The number of ether oxygens (including phenoxy) is 1. The number of rotatable bonds is 2. The molecule has 3 unspecified atom stereocenters. The van der Waals surface area contributed by atoms with Crippen LogP contribution >= 0.6 is 0 Å². The summed E-state index contributed by atoms with van der Waals surface area (Å²) in [6.07, 6.45) is 5.01. The van der Waals surface area contributed by atoms with Crippen LogP contribution in [0.5, 0.6) is 5.75 Å². The van der Waals surface area contributed by atoms with Crippen molar-refractivity contribution in [1.29, 1.82) is 0 Å². The van der Waals surface area contributed by atoms with Gasteiger partial charge in [-0.3, -0.25) is 4.79 Å². The molecule has 4 heteroatoms. The predicted molar refractivity (Wildman–Crippen MR) is 94.2 cm³/mol. The third-order valence-electron chi connectivity index (χ3n) is 7.48. The number of methoxy groups -OCH3 is 1.